The van der Waals surface area contributed by atoms with Crippen LogP contribution in [0.15, 0.2) is 59.7 Å². The standard InChI is InChI=1S/C14H14O3.C6H14N4O2.C6H13NO2.C3H3NO/c1-9(14(15)16)10-3-4-12-8-13(17-2)6-5-11(12)7-10;7-4(5(11)12)2-1-3-10-6(8)9;1-3-4(2)5(7)6(8)9;1-2-5-3-4-1/h3-9H,1-2H3,(H,15,16);4H,1-3,7H2,(H,11,12)(H4,8,9,10);4-5H,3,7H2,1-2H3,(H,8,9);1-3H. The van der Waals surface area contributed by atoms with Crippen molar-refractivity contribution in [2.24, 2.45) is 23.1 Å². The highest BCUT2D eigenvalue weighted by atomic mass is 16.5. The van der Waals surface area contributed by atoms with Crippen LogP contribution in [0.1, 0.15) is 51.5 Å². The molecule has 14 heteroatoms. The van der Waals surface area contributed by atoms with E-state index in [1.165, 1.54) is 12.7 Å². The van der Waals surface area contributed by atoms with E-state index in [-0.39, 0.29) is 11.9 Å². The summed E-state index contributed by atoms with van der Waals surface area (Å²) in [6, 6.07) is 9.91. The number of carboxylic acid groups (broad SMARTS) is 3. The number of carboxylic acids is 3. The minimum Gasteiger partial charge on any atom is -0.497 e. The molecule has 2 aromatic carbocycles. The lowest BCUT2D eigenvalue weighted by Crippen LogP contribution is -2.36. The molecule has 43 heavy (non-hydrogen) atoms. The largest absolute Gasteiger partial charge is 0.497 e. The van der Waals surface area contributed by atoms with Gasteiger partial charge in [0.1, 0.15) is 24.1 Å². The third-order valence-electron chi connectivity index (χ3n) is 6.16. The summed E-state index contributed by atoms with van der Waals surface area (Å²) in [7, 11) is 1.63. The molecule has 0 aliphatic carbocycles. The molecule has 1 aromatic heterocycles. The van der Waals surface area contributed by atoms with Gasteiger partial charge in [0, 0.05) is 6.54 Å². The smallest absolute Gasteiger partial charge is 0.320 e. The minimum absolute atomic E-state index is 0.0718. The number of hydrogen-bond donors (Lipinski definition) is 8. The Labute approximate surface area is 250 Å². The first kappa shape index (κ1) is 38.3. The number of aliphatic carboxylic acids is 3. The third-order valence-corrected chi connectivity index (χ3v) is 6.16. The summed E-state index contributed by atoms with van der Waals surface area (Å²) in [5, 5.41) is 37.1. The maximum atomic E-state index is 10.9. The molecule has 11 N–H and O–H groups in total. The number of ether oxygens (including phenoxy) is 1. The van der Waals surface area contributed by atoms with Gasteiger partial charge >= 0.3 is 17.9 Å². The number of nitrogens with two attached hydrogens (primary N) is 3. The van der Waals surface area contributed by atoms with Crippen LogP contribution in [-0.2, 0) is 14.4 Å². The van der Waals surface area contributed by atoms with Gasteiger partial charge in [-0.2, -0.15) is 0 Å². The summed E-state index contributed by atoms with van der Waals surface area (Å²) in [5.41, 5.74) is 16.3. The van der Waals surface area contributed by atoms with Crippen LogP contribution in [0.2, 0.25) is 0 Å². The summed E-state index contributed by atoms with van der Waals surface area (Å²) in [6.07, 6.45) is 6.26. The van der Waals surface area contributed by atoms with Crippen molar-refractivity contribution in [3.63, 3.8) is 0 Å². The van der Waals surface area contributed by atoms with E-state index in [1.54, 1.807) is 20.2 Å². The van der Waals surface area contributed by atoms with Crippen LogP contribution in [0.5, 0.6) is 5.75 Å². The van der Waals surface area contributed by atoms with E-state index in [1.807, 2.05) is 50.2 Å². The summed E-state index contributed by atoms with van der Waals surface area (Å²) >= 11 is 0. The molecule has 0 aliphatic rings. The highest BCUT2D eigenvalue weighted by Crippen LogP contribution is 2.25. The molecule has 238 valence electrons. The fraction of sp³-hybridized carbons (Fsp3) is 0.414. The van der Waals surface area contributed by atoms with Crippen molar-refractivity contribution in [2.75, 3.05) is 13.7 Å². The predicted molar refractivity (Wildman–Crippen MR) is 163 cm³/mol. The van der Waals surface area contributed by atoms with Gasteiger partial charge in [-0.1, -0.05) is 44.5 Å². The summed E-state index contributed by atoms with van der Waals surface area (Å²) in [4.78, 5) is 34.9. The van der Waals surface area contributed by atoms with Crippen molar-refractivity contribution in [1.29, 1.82) is 5.41 Å². The van der Waals surface area contributed by atoms with Crippen molar-refractivity contribution in [2.45, 2.75) is 58.0 Å². The Morgan fingerprint density at radius 1 is 1.02 bits per heavy atom. The molecule has 0 spiro atoms. The monoisotopic (exact) mass is 604 g/mol. The van der Waals surface area contributed by atoms with Crippen molar-refractivity contribution < 1.29 is 38.9 Å². The molecule has 0 radical (unpaired) electrons. The number of hydrogen-bond acceptors (Lipinski definition) is 9. The number of benzene rings is 2. The lowest BCUT2D eigenvalue weighted by atomic mass is 9.98. The molecule has 0 saturated carbocycles. The second-order valence-electron chi connectivity index (χ2n) is 9.39. The highest BCUT2D eigenvalue weighted by molar-refractivity contribution is 5.86. The first-order chi connectivity index (χ1) is 20.2. The quantitative estimate of drug-likeness (QED) is 0.0890. The fourth-order valence-electron chi connectivity index (χ4n) is 3.12. The number of rotatable bonds is 11. The molecule has 3 aromatic rings. The Hall–Kier alpha value is -4.69. The van der Waals surface area contributed by atoms with E-state index in [9.17, 15) is 14.4 Å². The average molecular weight is 605 g/mol. The molecule has 4 atom stereocenters. The molecule has 0 fully saturated rings. The topological polar surface area (TPSA) is 261 Å². The molecule has 0 bridgehead atoms. The van der Waals surface area contributed by atoms with Gasteiger partial charge in [-0.05, 0) is 54.2 Å². The van der Waals surface area contributed by atoms with E-state index in [0.717, 1.165) is 28.5 Å². The van der Waals surface area contributed by atoms with E-state index in [4.69, 9.17) is 42.7 Å². The Balaban J connectivity index is 0.000000594. The van der Waals surface area contributed by atoms with Crippen molar-refractivity contribution in [3.05, 3.63) is 60.8 Å². The molecule has 0 saturated heterocycles. The lowest BCUT2D eigenvalue weighted by Gasteiger charge is -2.11. The van der Waals surface area contributed by atoms with Crippen LogP contribution in [0.3, 0.4) is 0 Å². The normalized spacial score (nSPS) is 12.7. The Kier molecular flexibility index (Phi) is 18.8. The average Bonchev–Trinajstić information content (AvgIpc) is 3.58. The van der Waals surface area contributed by atoms with Gasteiger partial charge in [-0.3, -0.25) is 19.8 Å². The second-order valence-corrected chi connectivity index (χ2v) is 9.39. The van der Waals surface area contributed by atoms with Crippen molar-refractivity contribution in [1.82, 2.24) is 10.3 Å². The van der Waals surface area contributed by atoms with Crippen LogP contribution in [0, 0.1) is 11.3 Å². The second kappa shape index (κ2) is 21.1. The number of nitrogens with zero attached hydrogens (tertiary/aromatic N) is 1. The molecule has 4 unspecified atom stereocenters. The Morgan fingerprint density at radius 2 is 1.65 bits per heavy atom. The maximum Gasteiger partial charge on any atom is 0.320 e. The number of methoxy groups -OCH3 is 1. The van der Waals surface area contributed by atoms with Gasteiger partial charge in [0.2, 0.25) is 0 Å². The predicted octanol–water partition coefficient (Wildman–Crippen LogP) is 2.82. The zero-order valence-electron chi connectivity index (χ0n) is 24.9. The fourth-order valence-corrected chi connectivity index (χ4v) is 3.12. The Bertz CT molecular complexity index is 1240. The van der Waals surface area contributed by atoms with Gasteiger partial charge < -0.3 is 47.0 Å². The van der Waals surface area contributed by atoms with Gasteiger partial charge in [0.25, 0.3) is 0 Å². The molecule has 1 heterocycles. The maximum absolute atomic E-state index is 10.9. The molecule has 14 nitrogen and oxygen atoms in total. The SMILES string of the molecule is CCC(C)C(N)C(=O)O.COc1ccc2cc(C(C)C(=O)O)ccc2c1.N=C(N)NCCCC(N)C(=O)O.c1cocn1. The first-order valence-corrected chi connectivity index (χ1v) is 13.4. The van der Waals surface area contributed by atoms with E-state index in [2.05, 4.69) is 14.7 Å². The van der Waals surface area contributed by atoms with Gasteiger partial charge in [0.15, 0.2) is 12.4 Å². The molecular formula is C29H44N6O8. The van der Waals surface area contributed by atoms with E-state index >= 15 is 0 Å². The zero-order chi connectivity index (χ0) is 32.9. The molecule has 3 rings (SSSR count). The van der Waals surface area contributed by atoms with Crippen LogP contribution in [0.25, 0.3) is 10.8 Å². The van der Waals surface area contributed by atoms with Gasteiger partial charge in [-0.25, -0.2) is 4.98 Å². The number of oxazole rings is 1. The van der Waals surface area contributed by atoms with Crippen LogP contribution in [0.4, 0.5) is 0 Å². The molecular weight excluding hydrogens is 560 g/mol. The number of fused-ring (bicyclic) bond motifs is 1. The first-order valence-electron chi connectivity index (χ1n) is 13.4. The van der Waals surface area contributed by atoms with Crippen molar-refractivity contribution >= 4 is 34.6 Å². The summed E-state index contributed by atoms with van der Waals surface area (Å²) < 4.78 is 9.62. The van der Waals surface area contributed by atoms with Crippen LogP contribution >= 0.6 is 0 Å². The number of aromatic nitrogens is 1. The van der Waals surface area contributed by atoms with Crippen molar-refractivity contribution in [3.8, 4) is 5.75 Å². The lowest BCUT2D eigenvalue weighted by molar-refractivity contribution is -0.140. The zero-order valence-corrected chi connectivity index (χ0v) is 24.9. The Morgan fingerprint density at radius 3 is 2.07 bits per heavy atom. The van der Waals surface area contributed by atoms with Gasteiger partial charge in [-0.15, -0.1) is 0 Å². The van der Waals surface area contributed by atoms with Crippen LogP contribution in [-0.4, -0.2) is 69.9 Å². The summed E-state index contributed by atoms with van der Waals surface area (Å²) in [5.74, 6) is -2.44. The highest BCUT2D eigenvalue weighted by Gasteiger charge is 2.17. The van der Waals surface area contributed by atoms with E-state index < -0.39 is 35.9 Å². The van der Waals surface area contributed by atoms with E-state index in [0.29, 0.717) is 19.4 Å². The summed E-state index contributed by atoms with van der Waals surface area (Å²) in [6.45, 7) is 5.93. The minimum atomic E-state index is -1.00. The van der Waals surface area contributed by atoms with Gasteiger partial charge in [0.05, 0.1) is 19.2 Å². The van der Waals surface area contributed by atoms with Crippen LogP contribution < -0.4 is 27.3 Å². The number of guanidine groups is 1. The number of carbonyl (C=O) groups is 3. The molecule has 0 amide bonds. The molecule has 0 aliphatic heterocycles. The number of nitrogens with one attached hydrogen (secondary N) is 2. The third kappa shape index (κ3) is 16.4.